The van der Waals surface area contributed by atoms with Gasteiger partial charge in [0.25, 0.3) is 6.43 Å². The first-order valence-corrected chi connectivity index (χ1v) is 6.60. The Bertz CT molecular complexity index is 280. The van der Waals surface area contributed by atoms with E-state index in [1.807, 2.05) is 0 Å². The number of carbonyl (C=O) groups excluding carboxylic acids is 1. The number of nitrogens with one attached hydrogen (secondary N) is 1. The summed E-state index contributed by atoms with van der Waals surface area (Å²) in [5.41, 5.74) is 0. The van der Waals surface area contributed by atoms with Crippen molar-refractivity contribution in [2.75, 3.05) is 32.8 Å². The molecule has 1 saturated heterocycles. The number of rotatable bonds is 6. The first-order valence-electron chi connectivity index (χ1n) is 6.60. The van der Waals surface area contributed by atoms with E-state index >= 15 is 0 Å². The standard InChI is InChI=1S/C12H22F2N2O3/c1-2-19-12(18)16-7-9(3-4-17)5-10(8-16)15-6-11(13)14/h9-11,15,17H,2-8H2,1H3. The van der Waals surface area contributed by atoms with Gasteiger partial charge < -0.3 is 20.1 Å². The molecule has 7 heteroatoms. The van der Waals surface area contributed by atoms with E-state index < -0.39 is 12.5 Å². The lowest BCUT2D eigenvalue weighted by Crippen LogP contribution is -2.52. The number of alkyl halides is 2. The van der Waals surface area contributed by atoms with E-state index in [0.29, 0.717) is 25.9 Å². The van der Waals surface area contributed by atoms with Crippen molar-refractivity contribution >= 4 is 6.09 Å². The molecule has 1 heterocycles. The van der Waals surface area contributed by atoms with Crippen molar-refractivity contribution in [2.24, 2.45) is 5.92 Å². The fourth-order valence-electron chi connectivity index (χ4n) is 2.36. The number of amides is 1. The second kappa shape index (κ2) is 8.27. The Balaban J connectivity index is 2.54. The highest BCUT2D eigenvalue weighted by Crippen LogP contribution is 2.20. The average molecular weight is 280 g/mol. The van der Waals surface area contributed by atoms with Crippen LogP contribution in [0.1, 0.15) is 19.8 Å². The zero-order valence-corrected chi connectivity index (χ0v) is 11.1. The quantitative estimate of drug-likeness (QED) is 0.764. The van der Waals surface area contributed by atoms with Crippen molar-refractivity contribution in [3.05, 3.63) is 0 Å². The Morgan fingerprint density at radius 2 is 2.26 bits per heavy atom. The minimum atomic E-state index is -2.41. The van der Waals surface area contributed by atoms with Gasteiger partial charge in [-0.2, -0.15) is 0 Å². The number of halogens is 2. The molecule has 2 atom stereocenters. The van der Waals surface area contributed by atoms with Crippen LogP contribution in [0.15, 0.2) is 0 Å². The topological polar surface area (TPSA) is 61.8 Å². The summed E-state index contributed by atoms with van der Waals surface area (Å²) < 4.78 is 29.3. The van der Waals surface area contributed by atoms with Gasteiger partial charge >= 0.3 is 6.09 Å². The van der Waals surface area contributed by atoms with Crippen LogP contribution in [0, 0.1) is 5.92 Å². The minimum Gasteiger partial charge on any atom is -0.450 e. The fourth-order valence-corrected chi connectivity index (χ4v) is 2.36. The number of carbonyl (C=O) groups is 1. The third-order valence-electron chi connectivity index (χ3n) is 3.16. The highest BCUT2D eigenvalue weighted by atomic mass is 19.3. The predicted molar refractivity (Wildman–Crippen MR) is 66.2 cm³/mol. The lowest BCUT2D eigenvalue weighted by atomic mass is 9.92. The van der Waals surface area contributed by atoms with E-state index in [1.54, 1.807) is 6.92 Å². The van der Waals surface area contributed by atoms with Gasteiger partial charge in [-0.25, -0.2) is 13.6 Å². The van der Waals surface area contributed by atoms with Gasteiger partial charge in [0.2, 0.25) is 0 Å². The van der Waals surface area contributed by atoms with E-state index in [1.165, 1.54) is 4.90 Å². The molecule has 1 aliphatic heterocycles. The van der Waals surface area contributed by atoms with Crippen molar-refractivity contribution < 1.29 is 23.4 Å². The lowest BCUT2D eigenvalue weighted by Gasteiger charge is -2.37. The van der Waals surface area contributed by atoms with Gasteiger partial charge in [0.1, 0.15) is 0 Å². The molecule has 5 nitrogen and oxygen atoms in total. The fraction of sp³-hybridized carbons (Fsp3) is 0.917. The highest BCUT2D eigenvalue weighted by Gasteiger charge is 2.30. The summed E-state index contributed by atoms with van der Waals surface area (Å²) in [6.45, 7) is 2.53. The summed E-state index contributed by atoms with van der Waals surface area (Å²) in [7, 11) is 0. The van der Waals surface area contributed by atoms with E-state index in [2.05, 4.69) is 5.32 Å². The van der Waals surface area contributed by atoms with E-state index in [0.717, 1.165) is 0 Å². The number of likely N-dealkylation sites (tertiary alicyclic amines) is 1. The molecule has 2 unspecified atom stereocenters. The molecule has 1 aliphatic rings. The van der Waals surface area contributed by atoms with E-state index in [9.17, 15) is 13.6 Å². The number of hydrogen-bond acceptors (Lipinski definition) is 4. The molecule has 1 amide bonds. The van der Waals surface area contributed by atoms with Crippen LogP contribution in [0.2, 0.25) is 0 Å². The Morgan fingerprint density at radius 3 is 2.84 bits per heavy atom. The van der Waals surface area contributed by atoms with Crippen LogP contribution in [-0.2, 0) is 4.74 Å². The normalized spacial score (nSPS) is 23.7. The summed E-state index contributed by atoms with van der Waals surface area (Å²) in [5, 5.41) is 11.7. The summed E-state index contributed by atoms with van der Waals surface area (Å²) in [4.78, 5) is 13.2. The van der Waals surface area contributed by atoms with Crippen molar-refractivity contribution in [2.45, 2.75) is 32.2 Å². The van der Waals surface area contributed by atoms with Gasteiger partial charge in [-0.3, -0.25) is 0 Å². The van der Waals surface area contributed by atoms with Crippen LogP contribution in [0.3, 0.4) is 0 Å². The van der Waals surface area contributed by atoms with Crippen LogP contribution in [0.5, 0.6) is 0 Å². The Labute approximate surface area is 111 Å². The van der Waals surface area contributed by atoms with E-state index in [-0.39, 0.29) is 31.7 Å². The van der Waals surface area contributed by atoms with Gasteiger partial charge in [0, 0.05) is 25.7 Å². The van der Waals surface area contributed by atoms with Crippen LogP contribution in [0.25, 0.3) is 0 Å². The number of nitrogens with zero attached hydrogens (tertiary/aromatic N) is 1. The van der Waals surface area contributed by atoms with Gasteiger partial charge in [-0.15, -0.1) is 0 Å². The Kier molecular flexibility index (Phi) is 7.01. The van der Waals surface area contributed by atoms with Crippen molar-refractivity contribution in [1.29, 1.82) is 0 Å². The zero-order valence-electron chi connectivity index (χ0n) is 11.1. The molecule has 0 saturated carbocycles. The molecular weight excluding hydrogens is 258 g/mol. The molecule has 2 N–H and O–H groups in total. The van der Waals surface area contributed by atoms with Crippen molar-refractivity contribution in [1.82, 2.24) is 10.2 Å². The van der Waals surface area contributed by atoms with Crippen molar-refractivity contribution in [3.8, 4) is 0 Å². The molecule has 1 fully saturated rings. The largest absolute Gasteiger partial charge is 0.450 e. The number of ether oxygens (including phenoxy) is 1. The molecule has 112 valence electrons. The monoisotopic (exact) mass is 280 g/mol. The summed E-state index contributed by atoms with van der Waals surface area (Å²) in [5.74, 6) is 0.110. The lowest BCUT2D eigenvalue weighted by molar-refractivity contribution is 0.0685. The number of hydrogen-bond donors (Lipinski definition) is 2. The second-order valence-electron chi connectivity index (χ2n) is 4.71. The SMILES string of the molecule is CCOC(=O)N1CC(CCO)CC(NCC(F)F)C1. The molecular formula is C12H22F2N2O3. The summed E-state index contributed by atoms with van der Waals surface area (Å²) in [6, 6.07) is -0.177. The van der Waals surface area contributed by atoms with Gasteiger partial charge in [0.05, 0.1) is 13.2 Å². The molecule has 0 radical (unpaired) electrons. The maximum atomic E-state index is 12.2. The molecule has 1 rings (SSSR count). The number of aliphatic hydroxyl groups excluding tert-OH is 1. The Hall–Kier alpha value is -0.950. The first-order chi connectivity index (χ1) is 9.06. The summed E-state index contributed by atoms with van der Waals surface area (Å²) in [6.07, 6.45) is -1.59. The molecule has 0 bridgehead atoms. The maximum Gasteiger partial charge on any atom is 0.409 e. The van der Waals surface area contributed by atoms with Gasteiger partial charge in [0.15, 0.2) is 0 Å². The molecule has 19 heavy (non-hydrogen) atoms. The molecule has 0 aromatic rings. The van der Waals surface area contributed by atoms with Crippen LogP contribution < -0.4 is 5.32 Å². The molecule has 0 aliphatic carbocycles. The van der Waals surface area contributed by atoms with Gasteiger partial charge in [-0.1, -0.05) is 0 Å². The van der Waals surface area contributed by atoms with E-state index in [4.69, 9.17) is 9.84 Å². The number of aliphatic hydroxyl groups is 1. The Morgan fingerprint density at radius 1 is 1.53 bits per heavy atom. The third kappa shape index (κ3) is 5.69. The van der Waals surface area contributed by atoms with Crippen LogP contribution in [-0.4, -0.2) is 61.4 Å². The number of piperidine rings is 1. The third-order valence-corrected chi connectivity index (χ3v) is 3.16. The minimum absolute atomic E-state index is 0.0307. The highest BCUT2D eigenvalue weighted by molar-refractivity contribution is 5.67. The van der Waals surface area contributed by atoms with Crippen LogP contribution >= 0.6 is 0 Å². The maximum absolute atomic E-state index is 12.2. The second-order valence-corrected chi connectivity index (χ2v) is 4.71. The molecule has 0 spiro atoms. The van der Waals surface area contributed by atoms with Crippen LogP contribution in [0.4, 0.5) is 13.6 Å². The molecule has 0 aromatic carbocycles. The predicted octanol–water partition coefficient (Wildman–Crippen LogP) is 1.07. The zero-order chi connectivity index (χ0) is 14.3. The summed E-state index contributed by atoms with van der Waals surface area (Å²) >= 11 is 0. The van der Waals surface area contributed by atoms with Gasteiger partial charge in [-0.05, 0) is 25.7 Å². The molecule has 0 aromatic heterocycles. The average Bonchev–Trinajstić information content (AvgIpc) is 2.37. The van der Waals surface area contributed by atoms with Crippen molar-refractivity contribution in [3.63, 3.8) is 0 Å². The first kappa shape index (κ1) is 16.1. The smallest absolute Gasteiger partial charge is 0.409 e.